The van der Waals surface area contributed by atoms with Crippen LogP contribution in [-0.4, -0.2) is 10.2 Å². The van der Waals surface area contributed by atoms with Crippen molar-refractivity contribution in [2.75, 3.05) is 0 Å². The van der Waals surface area contributed by atoms with Crippen molar-refractivity contribution in [2.45, 2.75) is 0 Å². The van der Waals surface area contributed by atoms with Gasteiger partial charge < -0.3 is 0 Å². The van der Waals surface area contributed by atoms with Crippen LogP contribution >= 0.6 is 27.5 Å². The average molecular weight is 334 g/mol. The summed E-state index contributed by atoms with van der Waals surface area (Å²) in [5.41, 5.74) is 3.95. The predicted octanol–water partition coefficient (Wildman–Crippen LogP) is 5.16. The average Bonchev–Trinajstić information content (AvgIpc) is 2.89. The molecule has 19 heavy (non-hydrogen) atoms. The summed E-state index contributed by atoms with van der Waals surface area (Å²) in [5.74, 6) is 0. The number of aromatic amines is 1. The molecule has 4 heteroatoms. The molecule has 0 saturated heterocycles. The Morgan fingerprint density at radius 3 is 2.63 bits per heavy atom. The molecule has 0 aliphatic heterocycles. The van der Waals surface area contributed by atoms with E-state index in [2.05, 4.69) is 26.1 Å². The SMILES string of the molecule is Clc1cccc(-c2cc(-c3ccccc3Br)[nH]n2)c1. The number of hydrogen-bond donors (Lipinski definition) is 1. The highest BCUT2D eigenvalue weighted by molar-refractivity contribution is 9.10. The van der Waals surface area contributed by atoms with E-state index in [-0.39, 0.29) is 0 Å². The Labute approximate surface area is 124 Å². The summed E-state index contributed by atoms with van der Waals surface area (Å²) in [6.07, 6.45) is 0. The lowest BCUT2D eigenvalue weighted by Crippen LogP contribution is -1.78. The molecule has 3 rings (SSSR count). The van der Waals surface area contributed by atoms with E-state index in [1.807, 2.05) is 54.6 Å². The van der Waals surface area contributed by atoms with Crippen LogP contribution in [0.1, 0.15) is 0 Å². The van der Waals surface area contributed by atoms with Gasteiger partial charge in [0.05, 0.1) is 11.4 Å². The summed E-state index contributed by atoms with van der Waals surface area (Å²) in [6.45, 7) is 0. The van der Waals surface area contributed by atoms with Crippen molar-refractivity contribution in [1.82, 2.24) is 10.2 Å². The minimum Gasteiger partial charge on any atom is -0.277 e. The Morgan fingerprint density at radius 1 is 1.00 bits per heavy atom. The van der Waals surface area contributed by atoms with E-state index in [4.69, 9.17) is 11.6 Å². The molecule has 0 atom stereocenters. The highest BCUT2D eigenvalue weighted by Crippen LogP contribution is 2.29. The molecule has 3 aromatic rings. The molecule has 2 nitrogen and oxygen atoms in total. The minimum absolute atomic E-state index is 0.711. The highest BCUT2D eigenvalue weighted by atomic mass is 79.9. The lowest BCUT2D eigenvalue weighted by Gasteiger charge is -1.99. The highest BCUT2D eigenvalue weighted by Gasteiger charge is 2.08. The van der Waals surface area contributed by atoms with Crippen LogP contribution in [0.4, 0.5) is 0 Å². The molecular formula is C15H10BrClN2. The first-order chi connectivity index (χ1) is 9.24. The summed E-state index contributed by atoms with van der Waals surface area (Å²) in [4.78, 5) is 0. The summed E-state index contributed by atoms with van der Waals surface area (Å²) in [5, 5.41) is 8.11. The zero-order chi connectivity index (χ0) is 13.2. The summed E-state index contributed by atoms with van der Waals surface area (Å²) >= 11 is 9.54. The second-order valence-corrected chi connectivity index (χ2v) is 5.45. The number of H-pyrrole nitrogens is 1. The zero-order valence-corrected chi connectivity index (χ0v) is 12.2. The number of halogens is 2. The molecule has 0 aliphatic carbocycles. The van der Waals surface area contributed by atoms with E-state index in [1.54, 1.807) is 0 Å². The number of nitrogens with zero attached hydrogens (tertiary/aromatic N) is 1. The predicted molar refractivity (Wildman–Crippen MR) is 82.2 cm³/mol. The smallest absolute Gasteiger partial charge is 0.0927 e. The number of benzene rings is 2. The Hall–Kier alpha value is -1.58. The third-order valence-corrected chi connectivity index (χ3v) is 3.79. The van der Waals surface area contributed by atoms with Gasteiger partial charge in [0.15, 0.2) is 0 Å². The fraction of sp³-hybridized carbons (Fsp3) is 0. The van der Waals surface area contributed by atoms with Crippen molar-refractivity contribution >= 4 is 27.5 Å². The molecule has 1 aromatic heterocycles. The fourth-order valence-electron chi connectivity index (χ4n) is 1.94. The maximum absolute atomic E-state index is 6.00. The van der Waals surface area contributed by atoms with Gasteiger partial charge in [0.1, 0.15) is 0 Å². The van der Waals surface area contributed by atoms with Gasteiger partial charge in [0.25, 0.3) is 0 Å². The van der Waals surface area contributed by atoms with Crippen molar-refractivity contribution < 1.29 is 0 Å². The van der Waals surface area contributed by atoms with Gasteiger partial charge >= 0.3 is 0 Å². The van der Waals surface area contributed by atoms with Gasteiger partial charge in [0.2, 0.25) is 0 Å². The number of aromatic nitrogens is 2. The van der Waals surface area contributed by atoms with E-state index in [9.17, 15) is 0 Å². The number of nitrogens with one attached hydrogen (secondary N) is 1. The number of hydrogen-bond acceptors (Lipinski definition) is 1. The Morgan fingerprint density at radius 2 is 1.84 bits per heavy atom. The van der Waals surface area contributed by atoms with Crippen molar-refractivity contribution in [3.05, 3.63) is 64.1 Å². The van der Waals surface area contributed by atoms with E-state index in [0.717, 1.165) is 27.0 Å². The van der Waals surface area contributed by atoms with Gasteiger partial charge in [0, 0.05) is 20.6 Å². The zero-order valence-electron chi connectivity index (χ0n) is 9.90. The molecular weight excluding hydrogens is 324 g/mol. The van der Waals surface area contributed by atoms with Crippen LogP contribution in [-0.2, 0) is 0 Å². The largest absolute Gasteiger partial charge is 0.277 e. The Bertz CT molecular complexity index is 721. The van der Waals surface area contributed by atoms with Crippen LogP contribution < -0.4 is 0 Å². The van der Waals surface area contributed by atoms with E-state index in [1.165, 1.54) is 0 Å². The quantitative estimate of drug-likeness (QED) is 0.689. The number of rotatable bonds is 2. The van der Waals surface area contributed by atoms with Crippen molar-refractivity contribution in [3.8, 4) is 22.5 Å². The summed E-state index contributed by atoms with van der Waals surface area (Å²) in [6, 6.07) is 17.7. The molecule has 1 N–H and O–H groups in total. The van der Waals surface area contributed by atoms with E-state index < -0.39 is 0 Å². The summed E-state index contributed by atoms with van der Waals surface area (Å²) in [7, 11) is 0. The second kappa shape index (κ2) is 5.19. The van der Waals surface area contributed by atoms with Crippen LogP contribution in [0.25, 0.3) is 22.5 Å². The van der Waals surface area contributed by atoms with Gasteiger partial charge in [-0.15, -0.1) is 0 Å². The van der Waals surface area contributed by atoms with Gasteiger partial charge in [-0.1, -0.05) is 57.9 Å². The van der Waals surface area contributed by atoms with Gasteiger partial charge in [-0.05, 0) is 24.3 Å². The van der Waals surface area contributed by atoms with Crippen LogP contribution in [0, 0.1) is 0 Å². The molecule has 1 heterocycles. The lowest BCUT2D eigenvalue weighted by atomic mass is 10.1. The molecule has 0 bridgehead atoms. The third-order valence-electron chi connectivity index (χ3n) is 2.86. The monoisotopic (exact) mass is 332 g/mol. The van der Waals surface area contributed by atoms with Gasteiger partial charge in [-0.25, -0.2) is 0 Å². The minimum atomic E-state index is 0.711. The maximum Gasteiger partial charge on any atom is 0.0927 e. The molecule has 0 saturated carbocycles. The van der Waals surface area contributed by atoms with Crippen molar-refractivity contribution in [1.29, 1.82) is 0 Å². The maximum atomic E-state index is 6.00. The van der Waals surface area contributed by atoms with Crippen LogP contribution in [0.5, 0.6) is 0 Å². The first-order valence-corrected chi connectivity index (χ1v) is 6.97. The molecule has 0 aliphatic rings. The van der Waals surface area contributed by atoms with Crippen LogP contribution in [0.15, 0.2) is 59.1 Å². The second-order valence-electron chi connectivity index (χ2n) is 4.16. The molecule has 0 fully saturated rings. The van der Waals surface area contributed by atoms with Crippen LogP contribution in [0.3, 0.4) is 0 Å². The first-order valence-electron chi connectivity index (χ1n) is 5.80. The summed E-state index contributed by atoms with van der Waals surface area (Å²) < 4.78 is 1.04. The van der Waals surface area contributed by atoms with Crippen LogP contribution in [0.2, 0.25) is 5.02 Å². The van der Waals surface area contributed by atoms with Gasteiger partial charge in [-0.3, -0.25) is 5.10 Å². The third kappa shape index (κ3) is 2.57. The lowest BCUT2D eigenvalue weighted by molar-refractivity contribution is 1.10. The topological polar surface area (TPSA) is 28.7 Å². The molecule has 0 spiro atoms. The first kappa shape index (κ1) is 12.5. The van der Waals surface area contributed by atoms with Crippen molar-refractivity contribution in [3.63, 3.8) is 0 Å². The molecule has 0 amide bonds. The molecule has 0 unspecified atom stereocenters. The van der Waals surface area contributed by atoms with E-state index >= 15 is 0 Å². The van der Waals surface area contributed by atoms with Gasteiger partial charge in [-0.2, -0.15) is 5.10 Å². The molecule has 2 aromatic carbocycles. The standard InChI is InChI=1S/C15H10BrClN2/c16-13-7-2-1-6-12(13)15-9-14(18-19-15)10-4-3-5-11(17)8-10/h1-9H,(H,18,19). The van der Waals surface area contributed by atoms with Crippen molar-refractivity contribution in [2.24, 2.45) is 0 Å². The normalized spacial score (nSPS) is 10.6. The Balaban J connectivity index is 2.03. The Kier molecular flexibility index (Phi) is 3.40. The molecule has 0 radical (unpaired) electrons. The molecule has 94 valence electrons. The fourth-order valence-corrected chi connectivity index (χ4v) is 2.62. The van der Waals surface area contributed by atoms with E-state index in [0.29, 0.717) is 5.02 Å².